The number of hydrogen-bond donors (Lipinski definition) is 1. The molecule has 1 aromatic rings. The number of carbonyl (C=O) groups excluding carboxylic acids is 1. The molecule has 1 aliphatic heterocycles. The van der Waals surface area contributed by atoms with Crippen molar-refractivity contribution in [3.8, 4) is 0 Å². The first-order valence-electron chi connectivity index (χ1n) is 5.92. The van der Waals surface area contributed by atoms with Crippen molar-refractivity contribution in [1.82, 2.24) is 9.78 Å². The second-order valence-corrected chi connectivity index (χ2v) is 4.39. The molecule has 0 spiro atoms. The Morgan fingerprint density at radius 1 is 1.58 bits per heavy atom. The van der Waals surface area contributed by atoms with E-state index >= 15 is 0 Å². The minimum absolute atomic E-state index is 0.126. The molecule has 106 valence electrons. The smallest absolute Gasteiger partial charge is 0.379 e. The first kappa shape index (κ1) is 13.9. The summed E-state index contributed by atoms with van der Waals surface area (Å²) in [6.45, 7) is 1.22. The maximum Gasteiger partial charge on any atom is 0.389 e. The third-order valence-corrected chi connectivity index (χ3v) is 2.80. The largest absolute Gasteiger partial charge is 0.389 e. The highest BCUT2D eigenvalue weighted by atomic mass is 19.4. The van der Waals surface area contributed by atoms with Crippen LogP contribution in [0.25, 0.3) is 0 Å². The Labute approximate surface area is 107 Å². The van der Waals surface area contributed by atoms with E-state index in [9.17, 15) is 18.0 Å². The number of anilines is 1. The van der Waals surface area contributed by atoms with E-state index in [0.29, 0.717) is 18.9 Å². The van der Waals surface area contributed by atoms with Gasteiger partial charge in [0.15, 0.2) is 0 Å². The van der Waals surface area contributed by atoms with Crippen molar-refractivity contribution in [2.45, 2.75) is 31.5 Å². The van der Waals surface area contributed by atoms with Crippen molar-refractivity contribution in [3.05, 3.63) is 12.4 Å². The summed E-state index contributed by atoms with van der Waals surface area (Å²) in [6.07, 6.45) is -2.16. The van der Waals surface area contributed by atoms with Crippen LogP contribution < -0.4 is 5.32 Å². The Hall–Kier alpha value is -1.57. The highest BCUT2D eigenvalue weighted by Gasteiger charge is 2.28. The monoisotopic (exact) mass is 277 g/mol. The van der Waals surface area contributed by atoms with Crippen LogP contribution in [0.5, 0.6) is 0 Å². The average molecular weight is 277 g/mol. The van der Waals surface area contributed by atoms with Gasteiger partial charge in [-0.15, -0.1) is 0 Å². The molecular weight excluding hydrogens is 263 g/mol. The van der Waals surface area contributed by atoms with Gasteiger partial charge in [0.25, 0.3) is 0 Å². The summed E-state index contributed by atoms with van der Waals surface area (Å²) in [5.41, 5.74) is 0.402. The van der Waals surface area contributed by atoms with E-state index in [1.807, 2.05) is 0 Å². The van der Waals surface area contributed by atoms with Crippen LogP contribution in [-0.4, -0.2) is 35.1 Å². The Morgan fingerprint density at radius 3 is 3.00 bits per heavy atom. The number of nitrogens with zero attached hydrogens (tertiary/aromatic N) is 2. The third-order valence-electron chi connectivity index (χ3n) is 2.80. The van der Waals surface area contributed by atoms with Gasteiger partial charge in [0.05, 0.1) is 31.0 Å². The molecule has 2 heterocycles. The van der Waals surface area contributed by atoms with Crippen molar-refractivity contribution in [3.63, 3.8) is 0 Å². The van der Waals surface area contributed by atoms with Crippen LogP contribution in [0.2, 0.25) is 0 Å². The molecule has 1 fully saturated rings. The first-order valence-corrected chi connectivity index (χ1v) is 5.92. The predicted molar refractivity (Wildman–Crippen MR) is 60.6 cm³/mol. The standard InChI is InChI=1S/C11H14F3N3O2/c12-11(13,14)3-1-10(18)16-8-5-15-17(6-8)9-2-4-19-7-9/h5-6,9H,1-4,7H2,(H,16,18)/t9-/m1/s1. The fourth-order valence-corrected chi connectivity index (χ4v) is 1.81. The van der Waals surface area contributed by atoms with Crippen LogP contribution >= 0.6 is 0 Å². The number of rotatable bonds is 4. The van der Waals surface area contributed by atoms with Crippen molar-refractivity contribution in [2.75, 3.05) is 18.5 Å². The van der Waals surface area contributed by atoms with Crippen molar-refractivity contribution >= 4 is 11.6 Å². The van der Waals surface area contributed by atoms with Crippen molar-refractivity contribution < 1.29 is 22.7 Å². The molecule has 0 saturated carbocycles. The predicted octanol–water partition coefficient (Wildman–Crippen LogP) is 2.13. The molecule has 0 aliphatic carbocycles. The highest BCUT2D eigenvalue weighted by molar-refractivity contribution is 5.90. The van der Waals surface area contributed by atoms with Gasteiger partial charge in [-0.2, -0.15) is 18.3 Å². The zero-order chi connectivity index (χ0) is 13.9. The fourth-order valence-electron chi connectivity index (χ4n) is 1.81. The van der Waals surface area contributed by atoms with Gasteiger partial charge in [0.1, 0.15) is 0 Å². The number of alkyl halides is 3. The van der Waals surface area contributed by atoms with E-state index in [2.05, 4.69) is 10.4 Å². The summed E-state index contributed by atoms with van der Waals surface area (Å²) in [7, 11) is 0. The van der Waals surface area contributed by atoms with Crippen LogP contribution in [0, 0.1) is 0 Å². The molecule has 5 nitrogen and oxygen atoms in total. The minimum atomic E-state index is -4.32. The minimum Gasteiger partial charge on any atom is -0.379 e. The van der Waals surface area contributed by atoms with E-state index in [4.69, 9.17) is 4.74 Å². The second-order valence-electron chi connectivity index (χ2n) is 4.39. The molecule has 1 aliphatic rings. The van der Waals surface area contributed by atoms with Crippen LogP contribution in [0.1, 0.15) is 25.3 Å². The molecule has 1 aromatic heterocycles. The van der Waals surface area contributed by atoms with E-state index in [-0.39, 0.29) is 6.04 Å². The maximum atomic E-state index is 12.0. The van der Waals surface area contributed by atoms with Crippen molar-refractivity contribution in [1.29, 1.82) is 0 Å². The zero-order valence-electron chi connectivity index (χ0n) is 10.1. The molecule has 2 rings (SSSR count). The van der Waals surface area contributed by atoms with E-state index in [1.54, 1.807) is 10.9 Å². The van der Waals surface area contributed by atoms with Gasteiger partial charge in [-0.25, -0.2) is 0 Å². The van der Waals surface area contributed by atoms with Gasteiger partial charge in [-0.05, 0) is 6.42 Å². The molecule has 1 atom stereocenters. The Balaban J connectivity index is 1.84. The lowest BCUT2D eigenvalue weighted by Gasteiger charge is -2.07. The lowest BCUT2D eigenvalue weighted by molar-refractivity contribution is -0.142. The Bertz CT molecular complexity index is 439. The van der Waals surface area contributed by atoms with Crippen LogP contribution in [0.3, 0.4) is 0 Å². The number of hydrogen-bond acceptors (Lipinski definition) is 3. The molecule has 1 N–H and O–H groups in total. The van der Waals surface area contributed by atoms with Crippen LogP contribution in [0.4, 0.5) is 18.9 Å². The second kappa shape index (κ2) is 5.60. The average Bonchev–Trinajstić information content (AvgIpc) is 2.94. The first-order chi connectivity index (χ1) is 8.94. The Morgan fingerprint density at radius 2 is 2.37 bits per heavy atom. The molecule has 0 bridgehead atoms. The number of halogens is 3. The van der Waals surface area contributed by atoms with Gasteiger partial charge < -0.3 is 10.1 Å². The summed E-state index contributed by atoms with van der Waals surface area (Å²) < 4.78 is 42.7. The maximum absolute atomic E-state index is 12.0. The number of aromatic nitrogens is 2. The van der Waals surface area contributed by atoms with E-state index in [0.717, 1.165) is 6.42 Å². The van der Waals surface area contributed by atoms with Gasteiger partial charge >= 0.3 is 6.18 Å². The van der Waals surface area contributed by atoms with E-state index in [1.165, 1.54) is 6.20 Å². The molecule has 0 unspecified atom stereocenters. The summed E-state index contributed by atoms with van der Waals surface area (Å²) in [6, 6.07) is 0.126. The quantitative estimate of drug-likeness (QED) is 0.917. The molecule has 0 aromatic carbocycles. The Kier molecular flexibility index (Phi) is 4.08. The van der Waals surface area contributed by atoms with Crippen LogP contribution in [-0.2, 0) is 9.53 Å². The third kappa shape index (κ3) is 4.23. The number of ether oxygens (including phenoxy) is 1. The SMILES string of the molecule is O=C(CCC(F)(F)F)Nc1cnn([C@@H]2CCOC2)c1. The summed E-state index contributed by atoms with van der Waals surface area (Å²) in [5.74, 6) is -0.667. The van der Waals surface area contributed by atoms with Gasteiger partial charge in [0.2, 0.25) is 5.91 Å². The summed E-state index contributed by atoms with van der Waals surface area (Å²) >= 11 is 0. The molecule has 1 saturated heterocycles. The summed E-state index contributed by atoms with van der Waals surface area (Å²) in [4.78, 5) is 11.3. The van der Waals surface area contributed by atoms with Crippen molar-refractivity contribution in [2.24, 2.45) is 0 Å². The fraction of sp³-hybridized carbons (Fsp3) is 0.636. The van der Waals surface area contributed by atoms with Gasteiger partial charge in [0, 0.05) is 19.2 Å². The van der Waals surface area contributed by atoms with Crippen LogP contribution in [0.15, 0.2) is 12.4 Å². The van der Waals surface area contributed by atoms with Gasteiger partial charge in [-0.1, -0.05) is 0 Å². The highest BCUT2D eigenvalue weighted by Crippen LogP contribution is 2.22. The number of carbonyl (C=O) groups is 1. The molecular formula is C11H14F3N3O2. The van der Waals surface area contributed by atoms with E-state index < -0.39 is 24.9 Å². The topological polar surface area (TPSA) is 56.2 Å². The lowest BCUT2D eigenvalue weighted by atomic mass is 10.3. The zero-order valence-corrected chi connectivity index (χ0v) is 10.1. The molecule has 8 heteroatoms. The molecule has 1 amide bonds. The normalized spacial score (nSPS) is 19.6. The number of nitrogens with one attached hydrogen (secondary N) is 1. The van der Waals surface area contributed by atoms with Gasteiger partial charge in [-0.3, -0.25) is 9.48 Å². The lowest BCUT2D eigenvalue weighted by Crippen LogP contribution is -2.16. The number of amides is 1. The molecule has 0 radical (unpaired) electrons. The summed E-state index contributed by atoms with van der Waals surface area (Å²) in [5, 5.41) is 6.46. The molecule has 19 heavy (non-hydrogen) atoms.